The van der Waals surface area contributed by atoms with Gasteiger partial charge in [-0.15, -0.1) is 0 Å². The topological polar surface area (TPSA) is 32.3 Å². The lowest BCUT2D eigenvalue weighted by atomic mass is 10.1. The Morgan fingerprint density at radius 1 is 1.50 bits per heavy atom. The van der Waals surface area contributed by atoms with Gasteiger partial charge >= 0.3 is 0 Å². The van der Waals surface area contributed by atoms with Crippen LogP contribution in [0.25, 0.3) is 6.08 Å². The summed E-state index contributed by atoms with van der Waals surface area (Å²) < 4.78 is 0. The molecule has 14 heavy (non-hydrogen) atoms. The summed E-state index contributed by atoms with van der Waals surface area (Å²) in [6.07, 6.45) is 3.97. The molecule has 1 aromatic rings. The van der Waals surface area contributed by atoms with E-state index in [0.717, 1.165) is 17.7 Å². The van der Waals surface area contributed by atoms with Crippen molar-refractivity contribution in [2.75, 3.05) is 13.6 Å². The van der Waals surface area contributed by atoms with E-state index in [1.54, 1.807) is 6.07 Å². The number of nitrogens with one attached hydrogen (secondary N) is 1. The maximum atomic E-state index is 9.09. The smallest absolute Gasteiger partial charge is 0.0688 e. The minimum absolute atomic E-state index is 0.0137. The molecule has 0 radical (unpaired) electrons. The molecule has 0 atom stereocenters. The van der Waals surface area contributed by atoms with Gasteiger partial charge in [0.25, 0.3) is 0 Å². The van der Waals surface area contributed by atoms with Crippen LogP contribution in [0.2, 0.25) is 5.02 Å². The summed E-state index contributed by atoms with van der Waals surface area (Å²) in [6.45, 7) is 0.827. The van der Waals surface area contributed by atoms with Crippen molar-refractivity contribution < 1.29 is 5.11 Å². The van der Waals surface area contributed by atoms with E-state index >= 15 is 0 Å². The molecule has 2 N–H and O–H groups in total. The Bertz CT molecular complexity index is 323. The predicted octanol–water partition coefficient (Wildman–Crippen LogP) is 2.06. The lowest BCUT2D eigenvalue weighted by Crippen LogP contribution is -2.03. The first-order chi connectivity index (χ1) is 6.77. The summed E-state index contributed by atoms with van der Waals surface area (Å²) in [5.74, 6) is 0. The van der Waals surface area contributed by atoms with Crippen LogP contribution in [0, 0.1) is 0 Å². The number of aliphatic hydroxyl groups excluding tert-OH is 1. The van der Waals surface area contributed by atoms with E-state index < -0.39 is 0 Å². The van der Waals surface area contributed by atoms with Crippen LogP contribution >= 0.6 is 11.6 Å². The van der Waals surface area contributed by atoms with Crippen LogP contribution in [0.15, 0.2) is 24.3 Å². The van der Waals surface area contributed by atoms with Gasteiger partial charge in [-0.25, -0.2) is 0 Å². The fraction of sp³-hybridized carbons (Fsp3) is 0.273. The third-order valence-corrected chi connectivity index (χ3v) is 2.13. The summed E-state index contributed by atoms with van der Waals surface area (Å²) in [4.78, 5) is 0. The maximum Gasteiger partial charge on any atom is 0.0688 e. The van der Waals surface area contributed by atoms with Gasteiger partial charge in [-0.1, -0.05) is 29.8 Å². The number of hydrogen-bond donors (Lipinski definition) is 2. The van der Waals surface area contributed by atoms with Gasteiger partial charge in [0.2, 0.25) is 0 Å². The van der Waals surface area contributed by atoms with Crippen LogP contribution in [-0.2, 0) is 6.61 Å². The third-order valence-electron chi connectivity index (χ3n) is 1.89. The monoisotopic (exact) mass is 211 g/mol. The number of benzene rings is 1. The van der Waals surface area contributed by atoms with Crippen LogP contribution in [0.4, 0.5) is 0 Å². The van der Waals surface area contributed by atoms with Gasteiger partial charge < -0.3 is 10.4 Å². The van der Waals surface area contributed by atoms with Crippen molar-refractivity contribution in [2.24, 2.45) is 0 Å². The molecule has 2 nitrogen and oxygen atoms in total. The molecule has 76 valence electrons. The van der Waals surface area contributed by atoms with Gasteiger partial charge in [0.05, 0.1) is 6.61 Å². The molecule has 1 aromatic carbocycles. The van der Waals surface area contributed by atoms with E-state index in [2.05, 4.69) is 5.32 Å². The Labute approximate surface area is 89.2 Å². The zero-order valence-electron chi connectivity index (χ0n) is 8.13. The molecule has 0 amide bonds. The number of likely N-dealkylation sites (N-methyl/N-ethyl adjacent to an activating group) is 1. The van der Waals surface area contributed by atoms with Gasteiger partial charge in [0, 0.05) is 11.6 Å². The van der Waals surface area contributed by atoms with Crippen molar-refractivity contribution >= 4 is 17.7 Å². The number of aliphatic hydroxyl groups is 1. The molecular weight excluding hydrogens is 198 g/mol. The van der Waals surface area contributed by atoms with Crippen LogP contribution in [-0.4, -0.2) is 18.7 Å². The zero-order valence-corrected chi connectivity index (χ0v) is 8.88. The van der Waals surface area contributed by atoms with Crippen molar-refractivity contribution in [2.45, 2.75) is 6.61 Å². The first-order valence-electron chi connectivity index (χ1n) is 4.48. The highest BCUT2D eigenvalue weighted by atomic mass is 35.5. The van der Waals surface area contributed by atoms with Crippen molar-refractivity contribution in [1.29, 1.82) is 0 Å². The van der Waals surface area contributed by atoms with E-state index in [1.807, 2.05) is 31.3 Å². The standard InChI is InChI=1S/C11H14ClNO/c1-13-6-2-3-9-4-5-11(12)7-10(9)8-14/h2-5,7,13-14H,6,8H2,1H3. The first-order valence-corrected chi connectivity index (χ1v) is 4.86. The third kappa shape index (κ3) is 3.14. The summed E-state index contributed by atoms with van der Waals surface area (Å²) in [5.41, 5.74) is 1.86. The molecule has 0 bridgehead atoms. The second-order valence-corrected chi connectivity index (χ2v) is 3.40. The molecular formula is C11H14ClNO. The maximum absolute atomic E-state index is 9.09. The van der Waals surface area contributed by atoms with Gasteiger partial charge in [-0.2, -0.15) is 0 Å². The minimum atomic E-state index is 0.0137. The van der Waals surface area contributed by atoms with Crippen LogP contribution in [0.5, 0.6) is 0 Å². The molecule has 0 aliphatic heterocycles. The molecule has 0 saturated heterocycles. The van der Waals surface area contributed by atoms with Crippen LogP contribution in [0.3, 0.4) is 0 Å². The van der Waals surface area contributed by atoms with Gasteiger partial charge in [-0.3, -0.25) is 0 Å². The molecule has 0 aliphatic rings. The lowest BCUT2D eigenvalue weighted by Gasteiger charge is -2.02. The Morgan fingerprint density at radius 2 is 2.29 bits per heavy atom. The second kappa shape index (κ2) is 5.81. The highest BCUT2D eigenvalue weighted by Gasteiger charge is 1.98. The summed E-state index contributed by atoms with van der Waals surface area (Å²) >= 11 is 5.81. The first kappa shape index (κ1) is 11.2. The zero-order chi connectivity index (χ0) is 10.4. The van der Waals surface area contributed by atoms with Crippen molar-refractivity contribution in [3.05, 3.63) is 40.4 Å². The second-order valence-electron chi connectivity index (χ2n) is 2.96. The van der Waals surface area contributed by atoms with Gasteiger partial charge in [0.1, 0.15) is 0 Å². The highest BCUT2D eigenvalue weighted by Crippen LogP contribution is 2.17. The molecule has 0 spiro atoms. The molecule has 0 saturated carbocycles. The Hall–Kier alpha value is -0.830. The van der Waals surface area contributed by atoms with Crippen molar-refractivity contribution in [1.82, 2.24) is 5.32 Å². The Morgan fingerprint density at radius 3 is 2.93 bits per heavy atom. The summed E-state index contributed by atoms with van der Waals surface area (Å²) in [5, 5.41) is 12.8. The van der Waals surface area contributed by atoms with Crippen molar-refractivity contribution in [3.63, 3.8) is 0 Å². The van der Waals surface area contributed by atoms with Crippen LogP contribution < -0.4 is 5.32 Å². The largest absolute Gasteiger partial charge is 0.392 e. The van der Waals surface area contributed by atoms with E-state index in [-0.39, 0.29) is 6.61 Å². The van der Waals surface area contributed by atoms with E-state index in [4.69, 9.17) is 16.7 Å². The predicted molar refractivity (Wildman–Crippen MR) is 60.3 cm³/mol. The Balaban J connectivity index is 2.85. The van der Waals surface area contributed by atoms with E-state index in [9.17, 15) is 0 Å². The summed E-state index contributed by atoms with van der Waals surface area (Å²) in [6, 6.07) is 5.50. The Kier molecular flexibility index (Phi) is 4.66. The minimum Gasteiger partial charge on any atom is -0.392 e. The number of hydrogen-bond acceptors (Lipinski definition) is 2. The molecule has 0 unspecified atom stereocenters. The SMILES string of the molecule is CNCC=Cc1ccc(Cl)cc1CO. The van der Waals surface area contributed by atoms with E-state index in [1.165, 1.54) is 0 Å². The summed E-state index contributed by atoms with van der Waals surface area (Å²) in [7, 11) is 1.89. The average molecular weight is 212 g/mol. The highest BCUT2D eigenvalue weighted by molar-refractivity contribution is 6.30. The molecule has 1 rings (SSSR count). The fourth-order valence-electron chi connectivity index (χ4n) is 1.18. The lowest BCUT2D eigenvalue weighted by molar-refractivity contribution is 0.281. The van der Waals surface area contributed by atoms with Gasteiger partial charge in [-0.05, 0) is 30.3 Å². The molecule has 0 fully saturated rings. The molecule has 0 heterocycles. The van der Waals surface area contributed by atoms with E-state index in [0.29, 0.717) is 5.02 Å². The average Bonchev–Trinajstić information content (AvgIpc) is 2.20. The number of rotatable bonds is 4. The number of halogens is 1. The van der Waals surface area contributed by atoms with Crippen molar-refractivity contribution in [3.8, 4) is 0 Å². The molecule has 0 aromatic heterocycles. The van der Waals surface area contributed by atoms with Gasteiger partial charge in [0.15, 0.2) is 0 Å². The fourth-order valence-corrected chi connectivity index (χ4v) is 1.37. The van der Waals surface area contributed by atoms with Crippen LogP contribution in [0.1, 0.15) is 11.1 Å². The molecule has 3 heteroatoms. The molecule has 0 aliphatic carbocycles. The normalized spacial score (nSPS) is 11.1. The quantitative estimate of drug-likeness (QED) is 0.799.